The fourth-order valence-electron chi connectivity index (χ4n) is 4.40. The van der Waals surface area contributed by atoms with Gasteiger partial charge in [0.2, 0.25) is 5.91 Å². The summed E-state index contributed by atoms with van der Waals surface area (Å²) in [7, 11) is 0. The summed E-state index contributed by atoms with van der Waals surface area (Å²) in [4.78, 5) is 15.1. The summed E-state index contributed by atoms with van der Waals surface area (Å²) >= 11 is 0. The van der Waals surface area contributed by atoms with Crippen LogP contribution in [0.5, 0.6) is 0 Å². The molecule has 1 aliphatic carbocycles. The highest BCUT2D eigenvalue weighted by Crippen LogP contribution is 2.27. The quantitative estimate of drug-likeness (QED) is 0.764. The van der Waals surface area contributed by atoms with E-state index in [2.05, 4.69) is 35.3 Å². The molecule has 2 heterocycles. The van der Waals surface area contributed by atoms with Gasteiger partial charge >= 0.3 is 0 Å². The van der Waals surface area contributed by atoms with E-state index in [0.29, 0.717) is 17.7 Å². The van der Waals surface area contributed by atoms with Gasteiger partial charge in [0.15, 0.2) is 0 Å². The second-order valence-electron chi connectivity index (χ2n) is 8.51. The van der Waals surface area contributed by atoms with Crippen molar-refractivity contribution >= 4 is 5.91 Å². The summed E-state index contributed by atoms with van der Waals surface area (Å²) in [6.45, 7) is 7.14. The lowest BCUT2D eigenvalue weighted by atomic mass is 9.94. The van der Waals surface area contributed by atoms with Gasteiger partial charge in [0, 0.05) is 31.7 Å². The van der Waals surface area contributed by atoms with Crippen molar-refractivity contribution in [3.05, 3.63) is 11.9 Å². The average Bonchev–Trinajstić information content (AvgIpc) is 2.85. The standard InChI is InChI=1S/C20H34N4O/c1-16(2)12-19-15-24(22-21-19)14-17-8-7-11-23(13-17)20(25)18-9-5-3-4-6-10-18/h15-18H,3-14H2,1-2H3. The van der Waals surface area contributed by atoms with Crippen molar-refractivity contribution in [2.75, 3.05) is 13.1 Å². The smallest absolute Gasteiger partial charge is 0.225 e. The van der Waals surface area contributed by atoms with Gasteiger partial charge in [0.25, 0.3) is 0 Å². The van der Waals surface area contributed by atoms with Crippen LogP contribution < -0.4 is 0 Å². The second kappa shape index (κ2) is 8.81. The second-order valence-corrected chi connectivity index (χ2v) is 8.51. The van der Waals surface area contributed by atoms with Crippen LogP contribution in [0, 0.1) is 17.8 Å². The van der Waals surface area contributed by atoms with Gasteiger partial charge in [0.1, 0.15) is 0 Å². The lowest BCUT2D eigenvalue weighted by Crippen LogP contribution is -2.44. The first-order valence-electron chi connectivity index (χ1n) is 10.3. The minimum atomic E-state index is 0.283. The van der Waals surface area contributed by atoms with Crippen LogP contribution in [0.1, 0.15) is 70.9 Å². The van der Waals surface area contributed by atoms with Crippen LogP contribution in [0.2, 0.25) is 0 Å². The number of carbonyl (C=O) groups is 1. The predicted octanol–water partition coefficient (Wildman–Crippen LogP) is 3.69. The fraction of sp³-hybridized carbons (Fsp3) is 0.850. The summed E-state index contributed by atoms with van der Waals surface area (Å²) in [5.74, 6) is 1.82. The molecule has 1 amide bonds. The molecule has 140 valence electrons. The third kappa shape index (κ3) is 5.29. The van der Waals surface area contributed by atoms with Gasteiger partial charge < -0.3 is 4.90 Å². The Balaban J connectivity index is 1.53. The molecule has 1 saturated carbocycles. The Morgan fingerprint density at radius 2 is 1.92 bits per heavy atom. The zero-order valence-corrected chi connectivity index (χ0v) is 16.0. The molecule has 1 aliphatic heterocycles. The van der Waals surface area contributed by atoms with Crippen molar-refractivity contribution in [3.63, 3.8) is 0 Å². The van der Waals surface area contributed by atoms with E-state index in [9.17, 15) is 4.79 Å². The average molecular weight is 347 g/mol. The number of piperidine rings is 1. The molecule has 1 aromatic rings. The minimum absolute atomic E-state index is 0.283. The van der Waals surface area contributed by atoms with Gasteiger partial charge in [0.05, 0.1) is 5.69 Å². The summed E-state index contributed by atoms with van der Waals surface area (Å²) in [5, 5.41) is 8.59. The molecule has 25 heavy (non-hydrogen) atoms. The molecule has 1 saturated heterocycles. The number of carbonyl (C=O) groups excluding carboxylic acids is 1. The van der Waals surface area contributed by atoms with Gasteiger partial charge in [-0.15, -0.1) is 5.10 Å². The number of amides is 1. The molecule has 3 rings (SSSR count). The minimum Gasteiger partial charge on any atom is -0.342 e. The number of nitrogens with zero attached hydrogens (tertiary/aromatic N) is 4. The fourth-order valence-corrected chi connectivity index (χ4v) is 4.40. The Labute approximate surface area is 152 Å². The van der Waals surface area contributed by atoms with Crippen LogP contribution in [0.4, 0.5) is 0 Å². The Bertz CT molecular complexity index is 546. The number of rotatable bonds is 5. The van der Waals surface area contributed by atoms with E-state index >= 15 is 0 Å². The van der Waals surface area contributed by atoms with E-state index in [4.69, 9.17) is 0 Å². The lowest BCUT2D eigenvalue weighted by Gasteiger charge is -2.34. The van der Waals surface area contributed by atoms with E-state index in [0.717, 1.165) is 51.0 Å². The molecular formula is C20H34N4O. The summed E-state index contributed by atoms with van der Waals surface area (Å²) in [5.41, 5.74) is 1.08. The molecule has 1 aromatic heterocycles. The summed E-state index contributed by atoms with van der Waals surface area (Å²) in [6.07, 6.45) is 12.6. The maximum Gasteiger partial charge on any atom is 0.225 e. The molecule has 0 aromatic carbocycles. The Kier molecular flexibility index (Phi) is 6.49. The molecule has 0 N–H and O–H groups in total. The van der Waals surface area contributed by atoms with Gasteiger partial charge in [-0.05, 0) is 43.9 Å². The van der Waals surface area contributed by atoms with E-state index in [1.807, 2.05) is 4.68 Å². The normalized spacial score (nSPS) is 23.0. The number of hydrogen-bond acceptors (Lipinski definition) is 3. The van der Waals surface area contributed by atoms with Gasteiger partial charge in [-0.2, -0.15) is 0 Å². The summed E-state index contributed by atoms with van der Waals surface area (Å²) in [6, 6.07) is 0. The highest BCUT2D eigenvalue weighted by molar-refractivity contribution is 5.79. The van der Waals surface area contributed by atoms with Crippen LogP contribution in [-0.4, -0.2) is 38.9 Å². The Morgan fingerprint density at radius 3 is 2.64 bits per heavy atom. The van der Waals surface area contributed by atoms with E-state index in [1.54, 1.807) is 0 Å². The molecule has 5 nitrogen and oxygen atoms in total. The van der Waals surface area contributed by atoms with E-state index < -0.39 is 0 Å². The van der Waals surface area contributed by atoms with Gasteiger partial charge in [-0.25, -0.2) is 0 Å². The van der Waals surface area contributed by atoms with Crippen molar-refractivity contribution in [2.24, 2.45) is 17.8 Å². The highest BCUT2D eigenvalue weighted by atomic mass is 16.2. The van der Waals surface area contributed by atoms with E-state index in [-0.39, 0.29) is 5.92 Å². The third-order valence-corrected chi connectivity index (χ3v) is 5.68. The Morgan fingerprint density at radius 1 is 1.16 bits per heavy atom. The zero-order chi connectivity index (χ0) is 17.6. The molecule has 0 radical (unpaired) electrons. The first kappa shape index (κ1) is 18.4. The van der Waals surface area contributed by atoms with Gasteiger partial charge in [-0.3, -0.25) is 9.48 Å². The van der Waals surface area contributed by atoms with Crippen molar-refractivity contribution < 1.29 is 4.79 Å². The maximum absolute atomic E-state index is 12.9. The molecule has 1 atom stereocenters. The predicted molar refractivity (Wildman–Crippen MR) is 99.1 cm³/mol. The van der Waals surface area contributed by atoms with Gasteiger partial charge in [-0.1, -0.05) is 44.7 Å². The van der Waals surface area contributed by atoms with Crippen LogP contribution in [0.3, 0.4) is 0 Å². The topological polar surface area (TPSA) is 51.0 Å². The molecule has 5 heteroatoms. The Hall–Kier alpha value is -1.39. The third-order valence-electron chi connectivity index (χ3n) is 5.68. The zero-order valence-electron chi connectivity index (χ0n) is 16.0. The molecular weight excluding hydrogens is 312 g/mol. The maximum atomic E-state index is 12.9. The van der Waals surface area contributed by atoms with Crippen LogP contribution in [0.25, 0.3) is 0 Å². The van der Waals surface area contributed by atoms with E-state index in [1.165, 1.54) is 32.1 Å². The lowest BCUT2D eigenvalue weighted by molar-refractivity contribution is -0.138. The SMILES string of the molecule is CC(C)Cc1cn(CC2CCCN(C(=O)C3CCCCCC3)C2)nn1. The number of likely N-dealkylation sites (tertiary alicyclic amines) is 1. The highest BCUT2D eigenvalue weighted by Gasteiger charge is 2.29. The van der Waals surface area contributed by atoms with Crippen molar-refractivity contribution in [3.8, 4) is 0 Å². The molecule has 0 bridgehead atoms. The summed E-state index contributed by atoms with van der Waals surface area (Å²) < 4.78 is 1.99. The number of hydrogen-bond donors (Lipinski definition) is 0. The molecule has 1 unspecified atom stereocenters. The number of aromatic nitrogens is 3. The van der Waals surface area contributed by atoms with Crippen molar-refractivity contribution in [2.45, 2.75) is 78.2 Å². The van der Waals surface area contributed by atoms with Crippen molar-refractivity contribution in [1.82, 2.24) is 19.9 Å². The van der Waals surface area contributed by atoms with Crippen LogP contribution in [-0.2, 0) is 17.8 Å². The first-order valence-corrected chi connectivity index (χ1v) is 10.3. The van der Waals surface area contributed by atoms with Crippen LogP contribution >= 0.6 is 0 Å². The molecule has 2 fully saturated rings. The van der Waals surface area contributed by atoms with Crippen molar-refractivity contribution in [1.29, 1.82) is 0 Å². The van der Waals surface area contributed by atoms with Crippen LogP contribution in [0.15, 0.2) is 6.20 Å². The monoisotopic (exact) mass is 346 g/mol. The molecule has 2 aliphatic rings. The first-order chi connectivity index (χ1) is 12.1. The largest absolute Gasteiger partial charge is 0.342 e. The molecule has 0 spiro atoms.